The molecule has 3 aromatic carbocycles. The molecule has 0 aromatic heterocycles. The second kappa shape index (κ2) is 12.1. The minimum absolute atomic E-state index is 0.207. The Balaban J connectivity index is 1.33. The first-order valence-corrected chi connectivity index (χ1v) is 12.6. The first kappa shape index (κ1) is 26.5. The SMILES string of the molecule is C=CCC[C@H]1CC[C@H](c2ccc(-c3ccc(C#Cc4ccc(OC(F)C(F)(F)F)cc4)cc3)cc2)CC1. The van der Waals surface area contributed by atoms with Crippen molar-refractivity contribution in [2.24, 2.45) is 5.92 Å². The van der Waals surface area contributed by atoms with Crippen LogP contribution in [-0.2, 0) is 0 Å². The van der Waals surface area contributed by atoms with Crippen molar-refractivity contribution in [2.45, 2.75) is 57.0 Å². The van der Waals surface area contributed by atoms with Gasteiger partial charge in [-0.1, -0.05) is 54.3 Å². The van der Waals surface area contributed by atoms with Crippen LogP contribution in [0.15, 0.2) is 85.5 Å². The molecule has 4 rings (SSSR count). The lowest BCUT2D eigenvalue weighted by Crippen LogP contribution is -2.29. The first-order chi connectivity index (χ1) is 17.8. The third-order valence-corrected chi connectivity index (χ3v) is 6.93. The molecule has 0 aliphatic heterocycles. The summed E-state index contributed by atoms with van der Waals surface area (Å²) >= 11 is 0. The van der Waals surface area contributed by atoms with E-state index >= 15 is 0 Å². The van der Waals surface area contributed by atoms with Crippen molar-refractivity contribution in [3.05, 3.63) is 102 Å². The minimum Gasteiger partial charge on any atom is -0.452 e. The van der Waals surface area contributed by atoms with Crippen molar-refractivity contribution in [3.8, 4) is 28.7 Å². The molecule has 1 unspecified atom stereocenters. The van der Waals surface area contributed by atoms with Crippen LogP contribution in [0.4, 0.5) is 17.6 Å². The van der Waals surface area contributed by atoms with Gasteiger partial charge < -0.3 is 4.74 Å². The zero-order valence-corrected chi connectivity index (χ0v) is 20.6. The summed E-state index contributed by atoms with van der Waals surface area (Å²) in [6.45, 7) is 3.84. The summed E-state index contributed by atoms with van der Waals surface area (Å²) in [5.41, 5.74) is 5.09. The lowest BCUT2D eigenvalue weighted by molar-refractivity contribution is -0.236. The molecule has 0 bridgehead atoms. The van der Waals surface area contributed by atoms with E-state index in [2.05, 4.69) is 47.4 Å². The van der Waals surface area contributed by atoms with Gasteiger partial charge in [-0.15, -0.1) is 6.58 Å². The molecule has 5 heteroatoms. The van der Waals surface area contributed by atoms with Gasteiger partial charge in [-0.05, 0) is 103 Å². The number of hydrogen-bond acceptors (Lipinski definition) is 1. The molecule has 0 amide bonds. The van der Waals surface area contributed by atoms with Crippen molar-refractivity contribution in [1.82, 2.24) is 0 Å². The highest BCUT2D eigenvalue weighted by Crippen LogP contribution is 2.38. The molecule has 1 aliphatic carbocycles. The van der Waals surface area contributed by atoms with Crippen LogP contribution in [0.3, 0.4) is 0 Å². The zero-order valence-electron chi connectivity index (χ0n) is 20.6. The molecule has 3 aromatic rings. The Kier molecular flexibility index (Phi) is 8.71. The van der Waals surface area contributed by atoms with Crippen LogP contribution >= 0.6 is 0 Å². The fraction of sp³-hybridized carbons (Fsp3) is 0.312. The lowest BCUT2D eigenvalue weighted by Gasteiger charge is -2.28. The second-order valence-electron chi connectivity index (χ2n) is 9.53. The van der Waals surface area contributed by atoms with E-state index in [9.17, 15) is 17.6 Å². The van der Waals surface area contributed by atoms with E-state index in [0.717, 1.165) is 29.0 Å². The van der Waals surface area contributed by atoms with E-state index in [-0.39, 0.29) is 5.75 Å². The molecular formula is C32H30F4O. The third-order valence-electron chi connectivity index (χ3n) is 6.93. The van der Waals surface area contributed by atoms with Crippen LogP contribution in [0.5, 0.6) is 5.75 Å². The highest BCUT2D eigenvalue weighted by atomic mass is 19.4. The summed E-state index contributed by atoms with van der Waals surface area (Å²) in [5, 5.41) is 0. The predicted octanol–water partition coefficient (Wildman–Crippen LogP) is 9.23. The number of rotatable bonds is 7. The Morgan fingerprint density at radius 1 is 0.811 bits per heavy atom. The number of benzene rings is 3. The number of alkyl halides is 4. The van der Waals surface area contributed by atoms with E-state index < -0.39 is 12.5 Å². The Morgan fingerprint density at radius 3 is 1.84 bits per heavy atom. The fourth-order valence-electron chi connectivity index (χ4n) is 4.78. The summed E-state index contributed by atoms with van der Waals surface area (Å²) in [5.74, 6) is 7.29. The summed E-state index contributed by atoms with van der Waals surface area (Å²) in [4.78, 5) is 0. The molecule has 1 saturated carbocycles. The monoisotopic (exact) mass is 506 g/mol. The van der Waals surface area contributed by atoms with Crippen LogP contribution in [0.2, 0.25) is 0 Å². The Hall–Kier alpha value is -3.52. The third kappa shape index (κ3) is 7.49. The maximum Gasteiger partial charge on any atom is 0.457 e. The van der Waals surface area contributed by atoms with E-state index in [0.29, 0.717) is 11.5 Å². The molecule has 1 fully saturated rings. The van der Waals surface area contributed by atoms with Crippen molar-refractivity contribution < 1.29 is 22.3 Å². The Bertz CT molecular complexity index is 1210. The highest BCUT2D eigenvalue weighted by Gasteiger charge is 2.42. The molecule has 37 heavy (non-hydrogen) atoms. The van der Waals surface area contributed by atoms with E-state index in [1.165, 1.54) is 61.9 Å². The molecule has 1 nitrogen and oxygen atoms in total. The van der Waals surface area contributed by atoms with Crippen LogP contribution in [-0.4, -0.2) is 12.5 Å². The minimum atomic E-state index is -5.06. The predicted molar refractivity (Wildman–Crippen MR) is 140 cm³/mol. The van der Waals surface area contributed by atoms with Crippen LogP contribution in [0.25, 0.3) is 11.1 Å². The second-order valence-corrected chi connectivity index (χ2v) is 9.53. The topological polar surface area (TPSA) is 9.23 Å². The van der Waals surface area contributed by atoms with Gasteiger partial charge in [0.2, 0.25) is 0 Å². The maximum absolute atomic E-state index is 13.0. The summed E-state index contributed by atoms with van der Waals surface area (Å²) < 4.78 is 54.1. The molecule has 0 saturated heterocycles. The molecule has 192 valence electrons. The Morgan fingerprint density at radius 2 is 1.32 bits per heavy atom. The average Bonchev–Trinajstić information content (AvgIpc) is 2.92. The van der Waals surface area contributed by atoms with Crippen LogP contribution in [0, 0.1) is 17.8 Å². The molecular weight excluding hydrogens is 476 g/mol. The van der Waals surface area contributed by atoms with Crippen molar-refractivity contribution in [2.75, 3.05) is 0 Å². The fourth-order valence-corrected chi connectivity index (χ4v) is 4.78. The van der Waals surface area contributed by atoms with E-state index in [4.69, 9.17) is 0 Å². The van der Waals surface area contributed by atoms with Gasteiger partial charge in [-0.3, -0.25) is 0 Å². The smallest absolute Gasteiger partial charge is 0.452 e. The van der Waals surface area contributed by atoms with Gasteiger partial charge in [-0.25, -0.2) is 0 Å². The largest absolute Gasteiger partial charge is 0.457 e. The summed E-state index contributed by atoms with van der Waals surface area (Å²) in [7, 11) is 0. The van der Waals surface area contributed by atoms with Crippen molar-refractivity contribution in [3.63, 3.8) is 0 Å². The molecule has 1 atom stereocenters. The van der Waals surface area contributed by atoms with Crippen LogP contribution < -0.4 is 4.74 Å². The summed E-state index contributed by atoms with van der Waals surface area (Å²) in [6, 6.07) is 22.3. The van der Waals surface area contributed by atoms with Crippen molar-refractivity contribution in [1.29, 1.82) is 0 Å². The van der Waals surface area contributed by atoms with E-state index in [1.807, 2.05) is 30.3 Å². The van der Waals surface area contributed by atoms with Crippen molar-refractivity contribution >= 4 is 0 Å². The molecule has 0 N–H and O–H groups in total. The van der Waals surface area contributed by atoms with Gasteiger partial charge in [0.25, 0.3) is 0 Å². The van der Waals surface area contributed by atoms with Crippen LogP contribution in [0.1, 0.15) is 61.1 Å². The van der Waals surface area contributed by atoms with Gasteiger partial charge in [0.05, 0.1) is 0 Å². The Labute approximate surface area is 216 Å². The standard InChI is InChI=1S/C32H30F4O/c1-2-3-4-23-7-13-26(14-8-23)28-17-19-29(20-18-28)27-15-9-24(10-16-27)5-6-25-11-21-30(22-12-25)37-31(33)32(34,35)36/h2,9-12,15-23,26,31H,1,3-4,7-8,13-14H2/t23-,26-,31?. The lowest BCUT2D eigenvalue weighted by atomic mass is 9.77. The average molecular weight is 507 g/mol. The molecule has 0 spiro atoms. The number of allylic oxidation sites excluding steroid dienone is 1. The summed E-state index contributed by atoms with van der Waals surface area (Å²) in [6.07, 6.45) is 1.12. The van der Waals surface area contributed by atoms with Gasteiger partial charge in [-0.2, -0.15) is 17.6 Å². The first-order valence-electron chi connectivity index (χ1n) is 12.6. The van der Waals surface area contributed by atoms with Gasteiger partial charge in [0.1, 0.15) is 5.75 Å². The van der Waals surface area contributed by atoms with Gasteiger partial charge in [0.15, 0.2) is 0 Å². The number of hydrogen-bond donors (Lipinski definition) is 0. The van der Waals surface area contributed by atoms with Gasteiger partial charge in [0, 0.05) is 11.1 Å². The maximum atomic E-state index is 13.0. The number of ether oxygens (including phenoxy) is 1. The highest BCUT2D eigenvalue weighted by molar-refractivity contribution is 5.65. The quantitative estimate of drug-likeness (QED) is 0.176. The number of halogens is 4. The van der Waals surface area contributed by atoms with Gasteiger partial charge >= 0.3 is 12.5 Å². The van der Waals surface area contributed by atoms with E-state index in [1.54, 1.807) is 0 Å². The normalized spacial score (nSPS) is 18.4. The molecule has 1 aliphatic rings. The zero-order chi connectivity index (χ0) is 26.3. The molecule has 0 radical (unpaired) electrons. The molecule has 0 heterocycles.